The molecule has 3 heterocycles. The lowest BCUT2D eigenvalue weighted by Gasteiger charge is -2.34. The van der Waals surface area contributed by atoms with Crippen molar-refractivity contribution in [3.05, 3.63) is 18.3 Å². The van der Waals surface area contributed by atoms with Crippen LogP contribution in [0.15, 0.2) is 23.2 Å². The number of carbonyl (C=O) groups excluding carboxylic acids is 1. The average Bonchev–Trinajstić information content (AvgIpc) is 2.77. The minimum absolute atomic E-state index is 0.00117. The fourth-order valence-electron chi connectivity index (χ4n) is 4.15. The number of amides is 1. The van der Waals surface area contributed by atoms with Gasteiger partial charge in [0.2, 0.25) is 15.9 Å². The van der Waals surface area contributed by atoms with Crippen LogP contribution in [-0.4, -0.2) is 56.3 Å². The molecule has 0 spiro atoms. The third-order valence-electron chi connectivity index (χ3n) is 5.93. The van der Waals surface area contributed by atoms with Crippen molar-refractivity contribution in [3.8, 4) is 0 Å². The van der Waals surface area contributed by atoms with E-state index in [1.165, 1.54) is 0 Å². The van der Waals surface area contributed by atoms with Crippen LogP contribution in [0, 0.1) is 5.92 Å². The van der Waals surface area contributed by atoms with E-state index in [2.05, 4.69) is 17.2 Å². The maximum Gasteiger partial charge on any atom is 0.246 e. The van der Waals surface area contributed by atoms with Gasteiger partial charge in [0.15, 0.2) is 0 Å². The van der Waals surface area contributed by atoms with E-state index in [0.717, 1.165) is 57.9 Å². The van der Waals surface area contributed by atoms with E-state index in [4.69, 9.17) is 0 Å². The Morgan fingerprint density at radius 1 is 1.14 bits per heavy atom. The molecular weight excluding hydrogens is 388 g/mol. The number of pyridine rings is 1. The van der Waals surface area contributed by atoms with E-state index in [0.29, 0.717) is 36.9 Å². The summed E-state index contributed by atoms with van der Waals surface area (Å²) >= 11 is 0. The summed E-state index contributed by atoms with van der Waals surface area (Å²) in [5.41, 5.74) is 0. The molecule has 3 rings (SSSR count). The van der Waals surface area contributed by atoms with E-state index in [1.54, 1.807) is 22.6 Å². The predicted octanol–water partition coefficient (Wildman–Crippen LogP) is 2.78. The van der Waals surface area contributed by atoms with E-state index in [1.807, 2.05) is 4.90 Å². The van der Waals surface area contributed by atoms with Gasteiger partial charge in [-0.25, -0.2) is 13.4 Å². The van der Waals surface area contributed by atoms with Gasteiger partial charge in [0.1, 0.15) is 10.7 Å². The van der Waals surface area contributed by atoms with Crippen molar-refractivity contribution in [2.24, 2.45) is 5.92 Å². The lowest BCUT2D eigenvalue weighted by molar-refractivity contribution is -0.125. The molecule has 0 aliphatic carbocycles. The second-order valence-electron chi connectivity index (χ2n) is 8.05. The molecule has 0 radical (unpaired) electrons. The minimum atomic E-state index is -3.54. The Hall–Kier alpha value is -1.67. The number of sulfonamides is 1. The minimum Gasteiger partial charge on any atom is -0.356 e. The van der Waals surface area contributed by atoms with Crippen LogP contribution in [0.2, 0.25) is 0 Å². The van der Waals surface area contributed by atoms with E-state index in [9.17, 15) is 13.2 Å². The zero-order chi connectivity index (χ0) is 20.7. The molecule has 0 saturated carbocycles. The van der Waals surface area contributed by atoms with E-state index < -0.39 is 10.0 Å². The monoisotopic (exact) mass is 422 g/mol. The fraction of sp³-hybridized carbons (Fsp3) is 0.714. The van der Waals surface area contributed by atoms with Gasteiger partial charge in [0.25, 0.3) is 0 Å². The molecule has 2 fully saturated rings. The zero-order valence-corrected chi connectivity index (χ0v) is 18.3. The normalized spacial score (nSPS) is 19.3. The van der Waals surface area contributed by atoms with Crippen LogP contribution < -0.4 is 10.2 Å². The number of rotatable bonds is 8. The predicted molar refractivity (Wildman–Crippen MR) is 114 cm³/mol. The van der Waals surface area contributed by atoms with Gasteiger partial charge < -0.3 is 10.2 Å². The molecule has 1 aromatic heterocycles. The molecule has 0 aromatic carbocycles. The highest BCUT2D eigenvalue weighted by Crippen LogP contribution is 2.30. The van der Waals surface area contributed by atoms with E-state index >= 15 is 0 Å². The molecule has 1 amide bonds. The lowest BCUT2D eigenvalue weighted by Crippen LogP contribution is -2.42. The van der Waals surface area contributed by atoms with Gasteiger partial charge in [-0.05, 0) is 44.2 Å². The number of aromatic nitrogens is 1. The van der Waals surface area contributed by atoms with Gasteiger partial charge in [-0.2, -0.15) is 4.31 Å². The Bertz CT molecular complexity index is 770. The Kier molecular flexibility index (Phi) is 7.89. The highest BCUT2D eigenvalue weighted by atomic mass is 32.2. The SMILES string of the molecule is CCCCCNC(=O)C1CCN(c2ncccc2S(=O)(=O)N2CCCCC2)CC1. The molecule has 0 bridgehead atoms. The zero-order valence-electron chi connectivity index (χ0n) is 17.5. The summed E-state index contributed by atoms with van der Waals surface area (Å²) in [5.74, 6) is 0.654. The van der Waals surface area contributed by atoms with Gasteiger partial charge in [-0.1, -0.05) is 26.2 Å². The Labute approximate surface area is 174 Å². The van der Waals surface area contributed by atoms with Crippen molar-refractivity contribution in [3.63, 3.8) is 0 Å². The number of anilines is 1. The third kappa shape index (κ3) is 5.48. The second kappa shape index (κ2) is 10.4. The van der Waals surface area contributed by atoms with Crippen LogP contribution in [-0.2, 0) is 14.8 Å². The number of hydrogen-bond acceptors (Lipinski definition) is 5. The molecule has 0 atom stereocenters. The molecule has 2 saturated heterocycles. The van der Waals surface area contributed by atoms with Crippen LogP contribution in [0.4, 0.5) is 5.82 Å². The van der Waals surface area contributed by atoms with Crippen molar-refractivity contribution in [2.75, 3.05) is 37.6 Å². The van der Waals surface area contributed by atoms with Crippen LogP contribution in [0.1, 0.15) is 58.3 Å². The first kappa shape index (κ1) is 22.0. The largest absolute Gasteiger partial charge is 0.356 e. The van der Waals surface area contributed by atoms with Gasteiger partial charge in [0.05, 0.1) is 0 Å². The second-order valence-corrected chi connectivity index (χ2v) is 9.96. The summed E-state index contributed by atoms with van der Waals surface area (Å²) in [6.07, 6.45) is 9.29. The van der Waals surface area contributed by atoms with Crippen molar-refractivity contribution in [1.82, 2.24) is 14.6 Å². The van der Waals surface area contributed by atoms with Crippen LogP contribution in [0.5, 0.6) is 0 Å². The quantitative estimate of drug-likeness (QED) is 0.652. The number of unbranched alkanes of at least 4 members (excludes halogenated alkanes) is 2. The molecule has 29 heavy (non-hydrogen) atoms. The number of nitrogens with zero attached hydrogens (tertiary/aromatic N) is 3. The van der Waals surface area contributed by atoms with Gasteiger partial charge in [0, 0.05) is 44.8 Å². The summed E-state index contributed by atoms with van der Waals surface area (Å²) in [6.45, 7) is 5.34. The van der Waals surface area contributed by atoms with E-state index in [-0.39, 0.29) is 11.8 Å². The Morgan fingerprint density at radius 2 is 1.86 bits per heavy atom. The van der Waals surface area contributed by atoms with Gasteiger partial charge >= 0.3 is 0 Å². The molecule has 7 nitrogen and oxygen atoms in total. The summed E-state index contributed by atoms with van der Waals surface area (Å²) in [5, 5.41) is 3.04. The highest BCUT2D eigenvalue weighted by molar-refractivity contribution is 7.89. The number of piperidine rings is 2. The van der Waals surface area contributed by atoms with Gasteiger partial charge in [-0.15, -0.1) is 0 Å². The van der Waals surface area contributed by atoms with Crippen LogP contribution in [0.25, 0.3) is 0 Å². The smallest absolute Gasteiger partial charge is 0.246 e. The summed E-state index contributed by atoms with van der Waals surface area (Å²) in [4.78, 5) is 19.1. The molecule has 1 N–H and O–H groups in total. The number of carbonyl (C=O) groups is 1. The highest BCUT2D eigenvalue weighted by Gasteiger charge is 2.32. The molecule has 8 heteroatoms. The lowest BCUT2D eigenvalue weighted by atomic mass is 9.96. The molecule has 162 valence electrons. The standard InChI is InChI=1S/C21H34N4O3S/c1-2-3-5-12-23-21(26)18-10-16-24(17-11-18)20-19(9-8-13-22-20)29(27,28)25-14-6-4-7-15-25/h8-9,13,18H,2-7,10-12,14-17H2,1H3,(H,23,26). The number of hydrogen-bond donors (Lipinski definition) is 1. The van der Waals surface area contributed by atoms with Crippen molar-refractivity contribution in [2.45, 2.75) is 63.2 Å². The first-order valence-corrected chi connectivity index (χ1v) is 12.5. The maximum atomic E-state index is 13.2. The van der Waals surface area contributed by atoms with Crippen molar-refractivity contribution in [1.29, 1.82) is 0 Å². The van der Waals surface area contributed by atoms with Crippen molar-refractivity contribution < 1.29 is 13.2 Å². The van der Waals surface area contributed by atoms with Gasteiger partial charge in [-0.3, -0.25) is 4.79 Å². The maximum absolute atomic E-state index is 13.2. The summed E-state index contributed by atoms with van der Waals surface area (Å²) in [7, 11) is -3.54. The fourth-order valence-corrected chi connectivity index (χ4v) is 5.83. The topological polar surface area (TPSA) is 82.6 Å². The summed E-state index contributed by atoms with van der Waals surface area (Å²) in [6, 6.07) is 3.36. The first-order valence-electron chi connectivity index (χ1n) is 11.0. The Balaban J connectivity index is 1.63. The average molecular weight is 423 g/mol. The molecule has 2 aliphatic heterocycles. The van der Waals surface area contributed by atoms with Crippen molar-refractivity contribution >= 4 is 21.7 Å². The van der Waals surface area contributed by atoms with Crippen LogP contribution in [0.3, 0.4) is 0 Å². The molecule has 0 unspecified atom stereocenters. The molecular formula is C21H34N4O3S. The molecule has 1 aromatic rings. The first-order chi connectivity index (χ1) is 14.0. The molecule has 2 aliphatic rings. The van der Waals surface area contributed by atoms with Crippen LogP contribution >= 0.6 is 0 Å². The third-order valence-corrected chi connectivity index (χ3v) is 7.85. The Morgan fingerprint density at radius 3 is 2.55 bits per heavy atom. The summed E-state index contributed by atoms with van der Waals surface area (Å²) < 4.78 is 28.0. The number of nitrogens with one attached hydrogen (secondary N) is 1.